The molecule has 2 heterocycles. The highest BCUT2D eigenvalue weighted by Gasteiger charge is 1.99. The minimum atomic E-state index is 0.502. The Kier molecular flexibility index (Phi) is 2.06. The minimum absolute atomic E-state index is 0.502. The van der Waals surface area contributed by atoms with Gasteiger partial charge >= 0.3 is 0 Å². The highest BCUT2D eigenvalue weighted by Crippen LogP contribution is 2.09. The first-order chi connectivity index (χ1) is 6.79. The van der Waals surface area contributed by atoms with Crippen molar-refractivity contribution < 1.29 is 0 Å². The van der Waals surface area contributed by atoms with Crippen LogP contribution in [-0.4, -0.2) is 21.6 Å². The van der Waals surface area contributed by atoms with Crippen molar-refractivity contribution in [2.45, 2.75) is 0 Å². The second-order valence-corrected chi connectivity index (χ2v) is 2.84. The largest absolute Gasteiger partial charge is 0.384 e. The average molecular weight is 189 g/mol. The lowest BCUT2D eigenvalue weighted by Gasteiger charge is -2.00. The van der Waals surface area contributed by atoms with E-state index in [9.17, 15) is 0 Å². The first-order valence-electron chi connectivity index (χ1n) is 4.24. The van der Waals surface area contributed by atoms with E-state index < -0.39 is 0 Å². The molecule has 14 heavy (non-hydrogen) atoms. The van der Waals surface area contributed by atoms with Gasteiger partial charge in [0.05, 0.1) is 6.20 Å². The van der Waals surface area contributed by atoms with Gasteiger partial charge in [-0.05, 0) is 12.1 Å². The predicted molar refractivity (Wildman–Crippen MR) is 55.3 cm³/mol. The molecule has 0 bridgehead atoms. The third-order valence-corrected chi connectivity index (χ3v) is 1.86. The summed E-state index contributed by atoms with van der Waals surface area (Å²) in [5.74, 6) is 2.07. The van der Waals surface area contributed by atoms with Crippen molar-refractivity contribution in [1.82, 2.24) is 14.5 Å². The Labute approximate surface area is 81.6 Å². The van der Waals surface area contributed by atoms with Crippen molar-refractivity contribution in [2.24, 2.45) is 0 Å². The quantitative estimate of drug-likeness (QED) is 0.736. The average Bonchev–Trinajstić information content (AvgIpc) is 2.66. The van der Waals surface area contributed by atoms with Gasteiger partial charge < -0.3 is 11.1 Å². The van der Waals surface area contributed by atoms with Crippen molar-refractivity contribution >= 4 is 11.6 Å². The van der Waals surface area contributed by atoms with Gasteiger partial charge in [-0.1, -0.05) is 6.07 Å². The Morgan fingerprint density at radius 2 is 2.29 bits per heavy atom. The molecule has 0 fully saturated rings. The Balaban J connectivity index is 2.39. The van der Waals surface area contributed by atoms with Crippen LogP contribution in [0.4, 0.5) is 11.6 Å². The number of anilines is 2. The number of aromatic nitrogens is 3. The fourth-order valence-electron chi connectivity index (χ4n) is 1.16. The minimum Gasteiger partial charge on any atom is -0.384 e. The van der Waals surface area contributed by atoms with E-state index >= 15 is 0 Å². The zero-order chi connectivity index (χ0) is 9.97. The van der Waals surface area contributed by atoms with Crippen molar-refractivity contribution in [1.29, 1.82) is 0 Å². The summed E-state index contributed by atoms with van der Waals surface area (Å²) in [6, 6.07) is 5.48. The molecule has 0 aliphatic rings. The van der Waals surface area contributed by atoms with Crippen LogP contribution in [0.2, 0.25) is 0 Å². The predicted octanol–water partition coefficient (Wildman–Crippen LogP) is 0.891. The number of nitrogens with one attached hydrogen (secondary N) is 1. The van der Waals surface area contributed by atoms with Crippen LogP contribution >= 0.6 is 0 Å². The normalized spacial score (nSPS) is 10.1. The molecule has 0 saturated heterocycles. The fraction of sp³-hybridized carbons (Fsp3) is 0.111. The van der Waals surface area contributed by atoms with Crippen LogP contribution in [0.25, 0.3) is 5.82 Å². The summed E-state index contributed by atoms with van der Waals surface area (Å²) < 4.78 is 1.81. The molecule has 0 aliphatic carbocycles. The molecule has 5 heteroatoms. The van der Waals surface area contributed by atoms with Gasteiger partial charge in [-0.25, -0.2) is 9.97 Å². The number of pyridine rings is 1. The molecule has 2 aromatic rings. The lowest BCUT2D eigenvalue weighted by atomic mass is 10.4. The Hall–Kier alpha value is -2.04. The Bertz CT molecular complexity index is 434. The van der Waals surface area contributed by atoms with E-state index in [0.717, 1.165) is 11.6 Å². The maximum Gasteiger partial charge on any atom is 0.144 e. The van der Waals surface area contributed by atoms with E-state index in [-0.39, 0.29) is 0 Å². The molecule has 0 spiro atoms. The summed E-state index contributed by atoms with van der Waals surface area (Å²) in [7, 11) is 1.82. The number of nitrogens with zero attached hydrogens (tertiary/aromatic N) is 3. The zero-order valence-corrected chi connectivity index (χ0v) is 7.81. The van der Waals surface area contributed by atoms with E-state index in [1.807, 2.05) is 29.9 Å². The van der Waals surface area contributed by atoms with Gasteiger partial charge in [0.15, 0.2) is 0 Å². The highest BCUT2D eigenvalue weighted by atomic mass is 15.1. The lowest BCUT2D eigenvalue weighted by Crippen LogP contribution is -1.97. The summed E-state index contributed by atoms with van der Waals surface area (Å²) in [5, 5.41) is 2.94. The second-order valence-electron chi connectivity index (χ2n) is 2.84. The molecule has 3 N–H and O–H groups in total. The zero-order valence-electron chi connectivity index (χ0n) is 7.81. The maximum absolute atomic E-state index is 5.57. The first kappa shape index (κ1) is 8.55. The molecule has 0 aliphatic heterocycles. The number of nitrogen functional groups attached to an aromatic ring is 1. The summed E-state index contributed by atoms with van der Waals surface area (Å²) in [6.45, 7) is 0. The standard InChI is InChI=1S/C9H11N5/c1-11-8-5-14(6-12-8)9-4-2-3-7(10)13-9/h2-6,11H,1H3,(H2,10,13). The molecule has 72 valence electrons. The molecule has 0 unspecified atom stereocenters. The van der Waals surface area contributed by atoms with Crippen molar-refractivity contribution in [3.05, 3.63) is 30.7 Å². The summed E-state index contributed by atoms with van der Waals surface area (Å²) >= 11 is 0. The highest BCUT2D eigenvalue weighted by molar-refractivity contribution is 5.38. The maximum atomic E-state index is 5.57. The molecular weight excluding hydrogens is 178 g/mol. The molecule has 5 nitrogen and oxygen atoms in total. The van der Waals surface area contributed by atoms with E-state index in [2.05, 4.69) is 15.3 Å². The van der Waals surface area contributed by atoms with Crippen LogP contribution in [0.3, 0.4) is 0 Å². The lowest BCUT2D eigenvalue weighted by molar-refractivity contribution is 0.997. The van der Waals surface area contributed by atoms with E-state index in [1.54, 1.807) is 12.4 Å². The Morgan fingerprint density at radius 3 is 2.93 bits per heavy atom. The first-order valence-corrected chi connectivity index (χ1v) is 4.24. The smallest absolute Gasteiger partial charge is 0.144 e. The summed E-state index contributed by atoms with van der Waals surface area (Å²) in [6.07, 6.45) is 3.54. The monoisotopic (exact) mass is 189 g/mol. The third kappa shape index (κ3) is 1.52. The number of rotatable bonds is 2. The number of hydrogen-bond donors (Lipinski definition) is 2. The van der Waals surface area contributed by atoms with E-state index in [1.165, 1.54) is 0 Å². The van der Waals surface area contributed by atoms with Crippen LogP contribution in [-0.2, 0) is 0 Å². The summed E-state index contributed by atoms with van der Waals surface area (Å²) in [4.78, 5) is 8.28. The van der Waals surface area contributed by atoms with Crippen molar-refractivity contribution in [3.8, 4) is 5.82 Å². The van der Waals surface area contributed by atoms with Crippen LogP contribution < -0.4 is 11.1 Å². The number of hydrogen-bond acceptors (Lipinski definition) is 4. The molecule has 2 aromatic heterocycles. The third-order valence-electron chi connectivity index (χ3n) is 1.86. The van der Waals surface area contributed by atoms with Crippen molar-refractivity contribution in [2.75, 3.05) is 18.1 Å². The number of nitrogens with two attached hydrogens (primary N) is 1. The molecule has 0 amide bonds. The SMILES string of the molecule is CNc1cn(-c2cccc(N)n2)cn1. The molecule has 0 aromatic carbocycles. The van der Waals surface area contributed by atoms with Gasteiger partial charge in [0.25, 0.3) is 0 Å². The van der Waals surface area contributed by atoms with Gasteiger partial charge in [0, 0.05) is 7.05 Å². The van der Waals surface area contributed by atoms with E-state index in [4.69, 9.17) is 5.73 Å². The topological polar surface area (TPSA) is 68.8 Å². The molecule has 2 rings (SSSR count). The van der Waals surface area contributed by atoms with Crippen molar-refractivity contribution in [3.63, 3.8) is 0 Å². The van der Waals surface area contributed by atoms with Gasteiger partial charge in [0.2, 0.25) is 0 Å². The van der Waals surface area contributed by atoms with Gasteiger partial charge in [-0.15, -0.1) is 0 Å². The Morgan fingerprint density at radius 1 is 1.43 bits per heavy atom. The molecule has 0 radical (unpaired) electrons. The van der Waals surface area contributed by atoms with Crippen LogP contribution in [0.1, 0.15) is 0 Å². The summed E-state index contributed by atoms with van der Waals surface area (Å²) in [5.41, 5.74) is 5.57. The van der Waals surface area contributed by atoms with Crippen LogP contribution in [0.5, 0.6) is 0 Å². The van der Waals surface area contributed by atoms with E-state index in [0.29, 0.717) is 5.82 Å². The van der Waals surface area contributed by atoms with Crippen LogP contribution in [0.15, 0.2) is 30.7 Å². The van der Waals surface area contributed by atoms with Gasteiger partial charge in [-0.2, -0.15) is 0 Å². The fourth-order valence-corrected chi connectivity index (χ4v) is 1.16. The van der Waals surface area contributed by atoms with Gasteiger partial charge in [-0.3, -0.25) is 4.57 Å². The van der Waals surface area contributed by atoms with Crippen LogP contribution in [0, 0.1) is 0 Å². The molecule has 0 atom stereocenters. The molecular formula is C9H11N5. The molecule has 0 saturated carbocycles. The number of imidazole rings is 1. The second kappa shape index (κ2) is 3.37. The van der Waals surface area contributed by atoms with Gasteiger partial charge in [0.1, 0.15) is 23.8 Å².